The monoisotopic (exact) mass is 246 g/mol. The van der Waals surface area contributed by atoms with Gasteiger partial charge in [0.2, 0.25) is 5.82 Å². The second kappa shape index (κ2) is 4.19. The molecule has 1 aromatic carbocycles. The predicted molar refractivity (Wildman–Crippen MR) is 66.5 cm³/mol. The van der Waals surface area contributed by atoms with Gasteiger partial charge in [-0.15, -0.1) is 0 Å². The maximum absolute atomic E-state index is 7.10. The number of aromatic amines is 1. The summed E-state index contributed by atoms with van der Waals surface area (Å²) in [6.45, 7) is 10.7. The van der Waals surface area contributed by atoms with Crippen molar-refractivity contribution in [3.05, 3.63) is 46.5 Å². The Balaban J connectivity index is 2.37. The summed E-state index contributed by atoms with van der Waals surface area (Å²) < 4.78 is 0. The Labute approximate surface area is 104 Å². The van der Waals surface area contributed by atoms with Crippen molar-refractivity contribution >= 4 is 11.6 Å². The van der Waals surface area contributed by atoms with E-state index in [0.717, 1.165) is 5.56 Å². The van der Waals surface area contributed by atoms with Crippen LogP contribution in [0.1, 0.15) is 19.7 Å². The van der Waals surface area contributed by atoms with Gasteiger partial charge in [-0.2, -0.15) is 5.10 Å². The van der Waals surface area contributed by atoms with Gasteiger partial charge in [0.05, 0.1) is 0 Å². The van der Waals surface area contributed by atoms with Crippen LogP contribution in [0, 0.1) is 6.57 Å². The van der Waals surface area contributed by atoms with E-state index in [2.05, 4.69) is 20.0 Å². The van der Waals surface area contributed by atoms with Crippen LogP contribution in [0.2, 0.25) is 5.02 Å². The van der Waals surface area contributed by atoms with Gasteiger partial charge in [0.25, 0.3) is 5.54 Å². The molecule has 0 atom stereocenters. The highest BCUT2D eigenvalue weighted by atomic mass is 35.5. The molecular weight excluding hydrogens is 236 g/mol. The summed E-state index contributed by atoms with van der Waals surface area (Å²) in [5, 5.41) is 7.58. The SMILES string of the molecule is [C-]#[N+]C(C)(C)c1nc(-c2ccc(Cl)cc2)n[nH]1. The summed E-state index contributed by atoms with van der Waals surface area (Å²) in [5.41, 5.74) is 0.190. The third-order valence-corrected chi connectivity index (χ3v) is 2.70. The van der Waals surface area contributed by atoms with Gasteiger partial charge in [-0.05, 0) is 24.3 Å². The quantitative estimate of drug-likeness (QED) is 0.827. The third-order valence-electron chi connectivity index (χ3n) is 2.45. The molecule has 0 aliphatic rings. The molecule has 0 unspecified atom stereocenters. The van der Waals surface area contributed by atoms with Gasteiger partial charge in [-0.1, -0.05) is 11.6 Å². The van der Waals surface area contributed by atoms with Crippen LogP contribution in [0.25, 0.3) is 16.2 Å². The number of hydrogen-bond acceptors (Lipinski definition) is 2. The summed E-state index contributed by atoms with van der Waals surface area (Å²) in [4.78, 5) is 7.84. The number of nitrogens with one attached hydrogen (secondary N) is 1. The minimum absolute atomic E-state index is 0.567. The van der Waals surface area contributed by atoms with Crippen LogP contribution in [0.4, 0.5) is 0 Å². The van der Waals surface area contributed by atoms with E-state index in [0.29, 0.717) is 16.7 Å². The van der Waals surface area contributed by atoms with Crippen LogP contribution in [0.3, 0.4) is 0 Å². The summed E-state index contributed by atoms with van der Waals surface area (Å²) in [7, 11) is 0. The summed E-state index contributed by atoms with van der Waals surface area (Å²) in [6.07, 6.45) is 0. The van der Waals surface area contributed by atoms with Crippen molar-refractivity contribution in [2.45, 2.75) is 19.4 Å². The average molecular weight is 247 g/mol. The minimum atomic E-state index is -0.683. The van der Waals surface area contributed by atoms with E-state index in [1.165, 1.54) is 0 Å². The Morgan fingerprint density at radius 3 is 2.53 bits per heavy atom. The Morgan fingerprint density at radius 2 is 1.94 bits per heavy atom. The molecule has 86 valence electrons. The smallest absolute Gasteiger partial charge is 0.284 e. The van der Waals surface area contributed by atoms with Gasteiger partial charge < -0.3 is 4.85 Å². The van der Waals surface area contributed by atoms with Gasteiger partial charge in [0.15, 0.2) is 5.82 Å². The van der Waals surface area contributed by atoms with Crippen LogP contribution in [0.5, 0.6) is 0 Å². The Morgan fingerprint density at radius 1 is 1.29 bits per heavy atom. The van der Waals surface area contributed by atoms with Gasteiger partial charge in [-0.3, -0.25) is 5.10 Å². The van der Waals surface area contributed by atoms with Crippen molar-refractivity contribution in [2.75, 3.05) is 0 Å². The summed E-state index contributed by atoms with van der Waals surface area (Å²) in [6, 6.07) is 7.26. The molecule has 0 radical (unpaired) electrons. The fourth-order valence-corrected chi connectivity index (χ4v) is 1.44. The Kier molecular flexibility index (Phi) is 2.86. The lowest BCUT2D eigenvalue weighted by Crippen LogP contribution is -2.13. The second-order valence-electron chi connectivity index (χ2n) is 4.19. The highest BCUT2D eigenvalue weighted by molar-refractivity contribution is 6.30. The molecule has 1 heterocycles. The molecule has 4 nitrogen and oxygen atoms in total. The Bertz CT molecular complexity index is 563. The number of nitrogens with zero attached hydrogens (tertiary/aromatic N) is 3. The molecule has 0 aliphatic heterocycles. The maximum Gasteiger partial charge on any atom is 0.284 e. The van der Waals surface area contributed by atoms with Gasteiger partial charge in [0.1, 0.15) is 0 Å². The third kappa shape index (κ3) is 2.29. The number of aromatic nitrogens is 3. The highest BCUT2D eigenvalue weighted by Crippen LogP contribution is 2.24. The van der Waals surface area contributed by atoms with E-state index in [1.54, 1.807) is 26.0 Å². The lowest BCUT2D eigenvalue weighted by atomic mass is 10.1. The minimum Gasteiger partial charge on any atom is -0.302 e. The Hall–Kier alpha value is -1.86. The molecule has 0 aliphatic carbocycles. The first-order chi connectivity index (χ1) is 8.03. The molecule has 0 spiro atoms. The molecule has 0 fully saturated rings. The molecule has 1 aromatic heterocycles. The highest BCUT2D eigenvalue weighted by Gasteiger charge is 2.30. The largest absolute Gasteiger partial charge is 0.302 e. The lowest BCUT2D eigenvalue weighted by Gasteiger charge is -2.05. The number of benzene rings is 1. The van der Waals surface area contributed by atoms with Crippen molar-refractivity contribution in [1.29, 1.82) is 0 Å². The van der Waals surface area contributed by atoms with Crippen molar-refractivity contribution in [2.24, 2.45) is 0 Å². The molecule has 0 bridgehead atoms. The molecule has 0 amide bonds. The number of hydrogen-bond donors (Lipinski definition) is 1. The standard InChI is InChI=1S/C12H11ClN4/c1-12(2,14-3)11-15-10(16-17-11)8-4-6-9(13)7-5-8/h4-7H,1-2H3,(H,15,16,17). The van der Waals surface area contributed by atoms with Crippen molar-refractivity contribution < 1.29 is 0 Å². The maximum atomic E-state index is 7.10. The summed E-state index contributed by atoms with van der Waals surface area (Å²) >= 11 is 5.81. The van der Waals surface area contributed by atoms with Crippen LogP contribution < -0.4 is 0 Å². The van der Waals surface area contributed by atoms with E-state index in [-0.39, 0.29) is 0 Å². The topological polar surface area (TPSA) is 45.9 Å². The van der Waals surface area contributed by atoms with E-state index >= 15 is 0 Å². The zero-order chi connectivity index (χ0) is 12.5. The first-order valence-corrected chi connectivity index (χ1v) is 5.48. The molecule has 2 aromatic rings. The molecule has 2 rings (SSSR count). The molecule has 17 heavy (non-hydrogen) atoms. The van der Waals surface area contributed by atoms with Crippen LogP contribution in [0.15, 0.2) is 24.3 Å². The van der Waals surface area contributed by atoms with Gasteiger partial charge in [-0.25, -0.2) is 11.6 Å². The van der Waals surface area contributed by atoms with E-state index < -0.39 is 5.54 Å². The fourth-order valence-electron chi connectivity index (χ4n) is 1.32. The number of H-pyrrole nitrogens is 1. The second-order valence-corrected chi connectivity index (χ2v) is 4.62. The zero-order valence-electron chi connectivity index (χ0n) is 9.53. The number of rotatable bonds is 2. The van der Waals surface area contributed by atoms with E-state index in [4.69, 9.17) is 18.2 Å². The fraction of sp³-hybridized carbons (Fsp3) is 0.250. The zero-order valence-corrected chi connectivity index (χ0v) is 10.3. The van der Waals surface area contributed by atoms with Crippen molar-refractivity contribution in [3.63, 3.8) is 0 Å². The molecule has 5 heteroatoms. The van der Waals surface area contributed by atoms with Crippen molar-refractivity contribution in [1.82, 2.24) is 15.2 Å². The average Bonchev–Trinajstić information content (AvgIpc) is 2.80. The normalized spacial score (nSPS) is 11.2. The lowest BCUT2D eigenvalue weighted by molar-refractivity contribution is 0.613. The molecule has 1 N–H and O–H groups in total. The predicted octanol–water partition coefficient (Wildman–Crippen LogP) is 3.28. The van der Waals surface area contributed by atoms with Crippen LogP contribution in [-0.4, -0.2) is 15.2 Å². The first-order valence-electron chi connectivity index (χ1n) is 5.10. The van der Waals surface area contributed by atoms with Crippen molar-refractivity contribution in [3.8, 4) is 11.4 Å². The van der Waals surface area contributed by atoms with E-state index in [1.807, 2.05) is 12.1 Å². The van der Waals surface area contributed by atoms with Gasteiger partial charge in [0, 0.05) is 24.4 Å². The van der Waals surface area contributed by atoms with E-state index in [9.17, 15) is 0 Å². The number of halogens is 1. The summed E-state index contributed by atoms with van der Waals surface area (Å²) in [5.74, 6) is 1.14. The molecular formula is C12H11ClN4. The van der Waals surface area contributed by atoms with Crippen LogP contribution >= 0.6 is 11.6 Å². The first kappa shape index (κ1) is 11.6. The van der Waals surface area contributed by atoms with Gasteiger partial charge >= 0.3 is 0 Å². The van der Waals surface area contributed by atoms with Crippen LogP contribution in [-0.2, 0) is 5.54 Å². The molecule has 0 saturated heterocycles. The molecule has 0 saturated carbocycles.